The van der Waals surface area contributed by atoms with E-state index in [0.717, 1.165) is 22.4 Å². The fraction of sp³-hybridized carbons (Fsp3) is 0.125. The molecule has 1 heterocycles. The smallest absolute Gasteiger partial charge is 0.126 e. The van der Waals surface area contributed by atoms with Crippen molar-refractivity contribution in [2.45, 2.75) is 6.61 Å². The molecule has 0 aliphatic heterocycles. The van der Waals surface area contributed by atoms with Crippen molar-refractivity contribution in [3.63, 3.8) is 0 Å². The molecule has 2 nitrogen and oxygen atoms in total. The van der Waals surface area contributed by atoms with Crippen LogP contribution in [0.25, 0.3) is 21.2 Å². The van der Waals surface area contributed by atoms with E-state index in [9.17, 15) is 5.11 Å². The number of fused-ring (bicyclic) bond motifs is 1. The number of thiophene rings is 1. The molecule has 3 aromatic rings. The highest BCUT2D eigenvalue weighted by Gasteiger charge is 2.10. The van der Waals surface area contributed by atoms with Crippen LogP contribution in [-0.4, -0.2) is 7.11 Å². The number of benzene rings is 2. The van der Waals surface area contributed by atoms with Gasteiger partial charge in [-0.3, -0.25) is 0 Å². The number of rotatable bonds is 3. The van der Waals surface area contributed by atoms with Crippen LogP contribution in [0.3, 0.4) is 0 Å². The minimum Gasteiger partial charge on any atom is -0.496 e. The predicted octanol–water partition coefficient (Wildman–Crippen LogP) is 4.51. The zero-order chi connectivity index (χ0) is 13.2. The molecule has 1 aromatic heterocycles. The summed E-state index contributed by atoms with van der Waals surface area (Å²) in [6, 6.07) is 13.9. The first-order chi connectivity index (χ1) is 9.33. The molecule has 0 aliphatic rings. The Kier molecular flexibility index (Phi) is 3.23. The zero-order valence-electron chi connectivity index (χ0n) is 10.6. The molecule has 1 radical (unpaired) electrons. The van der Waals surface area contributed by atoms with Crippen molar-refractivity contribution in [1.82, 2.24) is 0 Å². The van der Waals surface area contributed by atoms with Crippen LogP contribution < -0.4 is 4.74 Å². The second-order valence-corrected chi connectivity index (χ2v) is 5.26. The van der Waals surface area contributed by atoms with E-state index in [1.54, 1.807) is 18.4 Å². The topological polar surface area (TPSA) is 29.1 Å². The molecule has 0 fully saturated rings. The van der Waals surface area contributed by atoms with Crippen molar-refractivity contribution in [1.29, 1.82) is 0 Å². The van der Waals surface area contributed by atoms with Gasteiger partial charge >= 0.3 is 0 Å². The molecular weight excluding hydrogens is 256 g/mol. The fourth-order valence-electron chi connectivity index (χ4n) is 2.28. The van der Waals surface area contributed by atoms with Crippen LogP contribution in [0.4, 0.5) is 0 Å². The highest BCUT2D eigenvalue weighted by Crippen LogP contribution is 2.37. The molecule has 3 heteroatoms. The molecule has 0 saturated carbocycles. The zero-order valence-corrected chi connectivity index (χ0v) is 11.4. The summed E-state index contributed by atoms with van der Waals surface area (Å²) in [6.45, 7) is -0.212. The van der Waals surface area contributed by atoms with Crippen LogP contribution in [0.15, 0.2) is 47.8 Å². The Morgan fingerprint density at radius 2 is 2.00 bits per heavy atom. The maximum Gasteiger partial charge on any atom is 0.126 e. The van der Waals surface area contributed by atoms with Gasteiger partial charge in [-0.1, -0.05) is 18.2 Å². The second kappa shape index (κ2) is 5.03. The molecule has 0 saturated heterocycles. The molecule has 0 unspecified atom stereocenters. The van der Waals surface area contributed by atoms with Crippen molar-refractivity contribution in [3.05, 3.63) is 53.4 Å². The summed E-state index contributed by atoms with van der Waals surface area (Å²) in [6.07, 6.45) is 0. The van der Waals surface area contributed by atoms with Gasteiger partial charge in [-0.15, -0.1) is 11.3 Å². The maximum absolute atomic E-state index is 11.1. The minimum atomic E-state index is -0.212. The van der Waals surface area contributed by atoms with E-state index < -0.39 is 0 Å². The average Bonchev–Trinajstić information content (AvgIpc) is 2.94. The lowest BCUT2D eigenvalue weighted by Gasteiger charge is -2.11. The van der Waals surface area contributed by atoms with Crippen molar-refractivity contribution < 1.29 is 9.84 Å². The molecular formula is C16H13O2S. The van der Waals surface area contributed by atoms with E-state index in [1.807, 2.05) is 24.3 Å². The van der Waals surface area contributed by atoms with Crippen LogP contribution in [0.5, 0.6) is 5.75 Å². The standard InChI is InChI=1S/C16H13O2S/c1-18-15-6-5-11(10-17)9-14(15)12-3-2-4-16-13(12)7-8-19-16/h2-9H,10H2,1H3. The predicted molar refractivity (Wildman–Crippen MR) is 78.2 cm³/mol. The Morgan fingerprint density at radius 3 is 2.79 bits per heavy atom. The number of hydrogen-bond donors (Lipinski definition) is 0. The van der Waals surface area contributed by atoms with E-state index in [2.05, 4.69) is 23.6 Å². The normalized spacial score (nSPS) is 10.8. The van der Waals surface area contributed by atoms with Crippen molar-refractivity contribution in [2.24, 2.45) is 0 Å². The third-order valence-corrected chi connectivity index (χ3v) is 4.10. The Labute approximate surface area is 115 Å². The quantitative estimate of drug-likeness (QED) is 0.688. The number of methoxy groups -OCH3 is 1. The summed E-state index contributed by atoms with van der Waals surface area (Å²) < 4.78 is 6.67. The summed E-state index contributed by atoms with van der Waals surface area (Å²) in [5.41, 5.74) is 2.88. The Hall–Kier alpha value is -1.84. The molecule has 0 spiro atoms. The van der Waals surface area contributed by atoms with Crippen LogP contribution in [0.1, 0.15) is 5.56 Å². The Bertz CT molecular complexity index is 716. The molecule has 0 bridgehead atoms. The largest absolute Gasteiger partial charge is 0.496 e. The Morgan fingerprint density at radius 1 is 1.11 bits per heavy atom. The number of ether oxygens (including phenoxy) is 1. The molecule has 95 valence electrons. The van der Waals surface area contributed by atoms with E-state index >= 15 is 0 Å². The summed E-state index contributed by atoms with van der Waals surface area (Å²) >= 11 is 1.72. The van der Waals surface area contributed by atoms with Gasteiger partial charge in [-0.05, 0) is 40.8 Å². The lowest BCUT2D eigenvalue weighted by atomic mass is 9.99. The van der Waals surface area contributed by atoms with Crippen LogP contribution in [-0.2, 0) is 11.7 Å². The lowest BCUT2D eigenvalue weighted by Crippen LogP contribution is -1.91. The van der Waals surface area contributed by atoms with Gasteiger partial charge in [-0.25, -0.2) is 5.11 Å². The van der Waals surface area contributed by atoms with Crippen LogP contribution in [0.2, 0.25) is 0 Å². The maximum atomic E-state index is 11.1. The molecule has 0 N–H and O–H groups in total. The fourth-order valence-corrected chi connectivity index (χ4v) is 3.10. The van der Waals surface area contributed by atoms with Gasteiger partial charge in [0.2, 0.25) is 0 Å². The SMILES string of the molecule is COc1ccc(C[O])cc1-c1cccc2sccc12. The van der Waals surface area contributed by atoms with Gasteiger partial charge in [0, 0.05) is 15.6 Å². The highest BCUT2D eigenvalue weighted by atomic mass is 32.1. The average molecular weight is 269 g/mol. The van der Waals surface area contributed by atoms with Crippen molar-refractivity contribution in [3.8, 4) is 16.9 Å². The second-order valence-electron chi connectivity index (χ2n) is 4.32. The molecule has 0 atom stereocenters. The summed E-state index contributed by atoms with van der Waals surface area (Å²) in [5.74, 6) is 0.802. The van der Waals surface area contributed by atoms with Crippen LogP contribution >= 0.6 is 11.3 Å². The molecule has 2 aromatic carbocycles. The first kappa shape index (κ1) is 12.2. The highest BCUT2D eigenvalue weighted by molar-refractivity contribution is 7.17. The van der Waals surface area contributed by atoms with Crippen molar-refractivity contribution >= 4 is 21.4 Å². The summed E-state index contributed by atoms with van der Waals surface area (Å²) in [7, 11) is 1.66. The van der Waals surface area contributed by atoms with Gasteiger partial charge in [-0.2, -0.15) is 0 Å². The van der Waals surface area contributed by atoms with E-state index in [-0.39, 0.29) is 6.61 Å². The van der Waals surface area contributed by atoms with E-state index in [4.69, 9.17) is 4.74 Å². The first-order valence-corrected chi connectivity index (χ1v) is 6.93. The molecule has 3 rings (SSSR count). The summed E-state index contributed by atoms with van der Waals surface area (Å²) in [5, 5.41) is 14.4. The lowest BCUT2D eigenvalue weighted by molar-refractivity contribution is 0.177. The van der Waals surface area contributed by atoms with Gasteiger partial charge in [0.1, 0.15) is 12.4 Å². The van der Waals surface area contributed by atoms with Gasteiger partial charge in [0.15, 0.2) is 0 Å². The molecule has 0 aliphatic carbocycles. The number of hydrogen-bond acceptors (Lipinski definition) is 2. The molecule has 19 heavy (non-hydrogen) atoms. The third kappa shape index (κ3) is 2.11. The van der Waals surface area contributed by atoms with Gasteiger partial charge in [0.05, 0.1) is 7.11 Å². The third-order valence-electron chi connectivity index (χ3n) is 3.22. The summed E-state index contributed by atoms with van der Waals surface area (Å²) in [4.78, 5) is 0. The first-order valence-electron chi connectivity index (χ1n) is 6.05. The Balaban J connectivity index is 2.28. The molecule has 0 amide bonds. The van der Waals surface area contributed by atoms with Crippen molar-refractivity contribution in [2.75, 3.05) is 7.11 Å². The van der Waals surface area contributed by atoms with E-state index in [1.165, 1.54) is 10.1 Å². The minimum absolute atomic E-state index is 0.212. The van der Waals surface area contributed by atoms with Crippen LogP contribution in [0, 0.1) is 0 Å². The van der Waals surface area contributed by atoms with E-state index in [0.29, 0.717) is 0 Å². The van der Waals surface area contributed by atoms with Gasteiger partial charge in [0.25, 0.3) is 0 Å². The monoisotopic (exact) mass is 269 g/mol. The van der Waals surface area contributed by atoms with Gasteiger partial charge < -0.3 is 4.74 Å².